The molecule has 2 amide bonds. The van der Waals surface area contributed by atoms with Gasteiger partial charge < -0.3 is 36.9 Å². The van der Waals surface area contributed by atoms with Gasteiger partial charge in [0.1, 0.15) is 29.0 Å². The molecule has 5 rings (SSSR count). The molecule has 14 heteroatoms. The van der Waals surface area contributed by atoms with E-state index in [1.807, 2.05) is 12.1 Å². The number of ether oxygens (including phenoxy) is 1. The quantitative estimate of drug-likeness (QED) is 0.136. The number of H-pyrrole nitrogens is 1. The van der Waals surface area contributed by atoms with E-state index in [9.17, 15) is 14.4 Å². The van der Waals surface area contributed by atoms with Crippen LogP contribution in [0, 0.1) is 5.41 Å². The zero-order chi connectivity index (χ0) is 27.2. The normalized spacial score (nSPS) is 11.6. The number of hydrogen-bond acceptors (Lipinski definition) is 8. The third-order valence-electron chi connectivity index (χ3n) is 5.54. The van der Waals surface area contributed by atoms with Crippen LogP contribution in [0.5, 0.6) is 5.75 Å². The molecule has 1 aliphatic rings. The molecule has 0 unspecified atom stereocenters. The predicted octanol–water partition coefficient (Wildman–Crippen LogP) is 1.77. The average molecular weight is 553 g/mol. The highest BCUT2D eigenvalue weighted by molar-refractivity contribution is 6.08. The topological polar surface area (TPSA) is 222 Å². The number of carboxylic acids is 1. The van der Waals surface area contributed by atoms with Crippen LogP contribution >= 0.6 is 12.4 Å². The minimum Gasteiger partial charge on any atom is -0.482 e. The second kappa shape index (κ2) is 12.5. The molecule has 202 valence electrons. The molecule has 0 fully saturated rings. The summed E-state index contributed by atoms with van der Waals surface area (Å²) >= 11 is 0. The highest BCUT2D eigenvalue weighted by Crippen LogP contribution is 2.28. The Balaban J connectivity index is 0.000000297. The second-order valence-electron chi connectivity index (χ2n) is 8.12. The zero-order valence-electron chi connectivity index (χ0n) is 20.4. The molecule has 1 aliphatic heterocycles. The van der Waals surface area contributed by atoms with E-state index in [2.05, 4.69) is 25.6 Å². The van der Waals surface area contributed by atoms with E-state index in [1.165, 1.54) is 6.20 Å². The van der Waals surface area contributed by atoms with E-state index < -0.39 is 11.9 Å². The lowest BCUT2D eigenvalue weighted by Gasteiger charge is -2.18. The zero-order valence-corrected chi connectivity index (χ0v) is 21.2. The van der Waals surface area contributed by atoms with Crippen LogP contribution in [0.15, 0.2) is 55.0 Å². The van der Waals surface area contributed by atoms with Gasteiger partial charge in [0.15, 0.2) is 12.3 Å². The number of aromatic amines is 1. The van der Waals surface area contributed by atoms with Crippen molar-refractivity contribution < 1.29 is 24.2 Å². The molecular formula is C25H25ClN8O5. The van der Waals surface area contributed by atoms with Crippen LogP contribution in [0.25, 0.3) is 11.0 Å². The van der Waals surface area contributed by atoms with E-state index >= 15 is 0 Å². The number of benzene rings is 2. The fourth-order valence-corrected chi connectivity index (χ4v) is 3.60. The number of rotatable bonds is 6. The predicted molar refractivity (Wildman–Crippen MR) is 145 cm³/mol. The smallest absolute Gasteiger partial charge is 0.339 e. The number of aromatic carboxylic acids is 1. The summed E-state index contributed by atoms with van der Waals surface area (Å²) in [6.45, 7) is 0.680. The molecule has 2 aromatic heterocycles. The molecule has 39 heavy (non-hydrogen) atoms. The number of fused-ring (bicyclic) bond motifs is 2. The number of aromatic nitrogens is 3. The molecule has 4 aromatic rings. The maximum absolute atomic E-state index is 12.5. The Morgan fingerprint density at radius 2 is 1.85 bits per heavy atom. The number of amidine groups is 1. The molecule has 0 atom stereocenters. The van der Waals surface area contributed by atoms with E-state index in [-0.39, 0.29) is 59.6 Å². The van der Waals surface area contributed by atoms with Crippen LogP contribution in [0.2, 0.25) is 0 Å². The molecule has 2 aromatic carbocycles. The molecule has 0 saturated carbocycles. The number of halogens is 1. The lowest BCUT2D eigenvalue weighted by molar-refractivity contribution is -0.118. The van der Waals surface area contributed by atoms with Gasteiger partial charge in [-0.05, 0) is 23.3 Å². The maximum Gasteiger partial charge on any atom is 0.339 e. The number of hydrogen-bond donors (Lipinski definition) is 7. The van der Waals surface area contributed by atoms with Gasteiger partial charge in [-0.2, -0.15) is 0 Å². The summed E-state index contributed by atoms with van der Waals surface area (Å²) in [6.07, 6.45) is 2.41. The van der Waals surface area contributed by atoms with Gasteiger partial charge in [0.05, 0.1) is 11.2 Å². The number of nitrogens with one attached hydrogen (secondary N) is 4. The van der Waals surface area contributed by atoms with Crippen LogP contribution < -0.4 is 26.8 Å². The first kappa shape index (κ1) is 28.6. The number of nitrogens with zero attached hydrogens (tertiary/aromatic N) is 2. The van der Waals surface area contributed by atoms with Crippen LogP contribution in [-0.2, 0) is 17.9 Å². The van der Waals surface area contributed by atoms with E-state index in [4.69, 9.17) is 26.7 Å². The number of nitrogen functional groups attached to an aromatic ring is 1. The standard InChI is InChI=1S/C17H13N5O5.C8H11N3.ClH/c23-12-6-27-11-2-1-8(3-10(11)22-12)4-19-16(24)15-14-13(20-7-21-15)9(5-18-14)17(25)26;9-5-6-1-3-7(4-2-6)8(10)11;/h1-3,5,7,18H,4,6H2,(H,19,24)(H,22,23)(H,25,26);1-4H,5,9H2,(H3,10,11);1H. The molecular weight excluding hydrogens is 528 g/mol. The Kier molecular flexibility index (Phi) is 9.15. The molecule has 3 heterocycles. The fraction of sp³-hybridized carbons (Fsp3) is 0.120. The average Bonchev–Trinajstić information content (AvgIpc) is 3.36. The number of carbonyl (C=O) groups excluding carboxylic acids is 2. The van der Waals surface area contributed by atoms with Crippen molar-refractivity contribution in [3.8, 4) is 5.75 Å². The Hall–Kier alpha value is -5.01. The minimum atomic E-state index is -1.15. The van der Waals surface area contributed by atoms with Gasteiger partial charge >= 0.3 is 5.97 Å². The molecule has 0 radical (unpaired) electrons. The number of amides is 2. The van der Waals surface area contributed by atoms with E-state index in [0.717, 1.165) is 23.0 Å². The van der Waals surface area contributed by atoms with Crippen molar-refractivity contribution in [1.82, 2.24) is 20.3 Å². The van der Waals surface area contributed by atoms with Gasteiger partial charge in [-0.25, -0.2) is 14.8 Å². The van der Waals surface area contributed by atoms with Crippen LogP contribution in [0.4, 0.5) is 5.69 Å². The lowest BCUT2D eigenvalue weighted by atomic mass is 10.1. The summed E-state index contributed by atoms with van der Waals surface area (Å²) in [4.78, 5) is 45.7. The SMILES string of the molecule is Cl.N=C(N)c1ccc(CN)cc1.O=C1COc2ccc(CNC(=O)c3ncnc4c(C(=O)O)c[nH]c34)cc2N1. The Morgan fingerprint density at radius 3 is 2.51 bits per heavy atom. The van der Waals surface area contributed by atoms with Gasteiger partial charge in [-0.1, -0.05) is 30.3 Å². The summed E-state index contributed by atoms with van der Waals surface area (Å²) in [6, 6.07) is 12.5. The lowest BCUT2D eigenvalue weighted by Crippen LogP contribution is -2.26. The van der Waals surface area contributed by atoms with Crippen molar-refractivity contribution in [1.29, 1.82) is 5.41 Å². The van der Waals surface area contributed by atoms with Crippen molar-refractivity contribution in [3.05, 3.63) is 82.9 Å². The summed E-state index contributed by atoms with van der Waals surface area (Å²) < 4.78 is 5.29. The molecule has 9 N–H and O–H groups in total. The number of nitrogens with two attached hydrogens (primary N) is 2. The van der Waals surface area contributed by atoms with Gasteiger partial charge in [0.25, 0.3) is 11.8 Å². The van der Waals surface area contributed by atoms with E-state index in [1.54, 1.807) is 30.3 Å². The van der Waals surface area contributed by atoms with Crippen LogP contribution in [0.1, 0.15) is 37.5 Å². The summed E-state index contributed by atoms with van der Waals surface area (Å²) in [5.74, 6) is -1.22. The Morgan fingerprint density at radius 1 is 1.13 bits per heavy atom. The first-order valence-corrected chi connectivity index (χ1v) is 11.3. The van der Waals surface area contributed by atoms with Crippen LogP contribution in [0.3, 0.4) is 0 Å². The van der Waals surface area contributed by atoms with Gasteiger partial charge in [-0.15, -0.1) is 12.4 Å². The van der Waals surface area contributed by atoms with Crippen molar-refractivity contribution in [2.45, 2.75) is 13.1 Å². The van der Waals surface area contributed by atoms with Gasteiger partial charge in [0, 0.05) is 24.8 Å². The Labute approximate surface area is 227 Å². The number of carbonyl (C=O) groups is 3. The third kappa shape index (κ3) is 6.66. The molecule has 0 bridgehead atoms. The first-order chi connectivity index (χ1) is 18.3. The maximum atomic E-state index is 12.5. The molecule has 0 aliphatic carbocycles. The third-order valence-corrected chi connectivity index (χ3v) is 5.54. The van der Waals surface area contributed by atoms with Crippen molar-refractivity contribution in [3.63, 3.8) is 0 Å². The Bertz CT molecular complexity index is 1540. The van der Waals surface area contributed by atoms with E-state index in [0.29, 0.717) is 18.0 Å². The molecule has 0 saturated heterocycles. The monoisotopic (exact) mass is 552 g/mol. The fourth-order valence-electron chi connectivity index (χ4n) is 3.60. The van der Waals surface area contributed by atoms with Gasteiger partial charge in [-0.3, -0.25) is 15.0 Å². The molecule has 0 spiro atoms. The minimum absolute atomic E-state index is 0. The largest absolute Gasteiger partial charge is 0.482 e. The summed E-state index contributed by atoms with van der Waals surface area (Å²) in [5, 5.41) is 21.7. The number of anilines is 1. The van der Waals surface area contributed by atoms with Crippen molar-refractivity contribution >= 4 is 52.7 Å². The highest BCUT2D eigenvalue weighted by Gasteiger charge is 2.20. The highest BCUT2D eigenvalue weighted by atomic mass is 35.5. The van der Waals surface area contributed by atoms with Gasteiger partial charge in [0.2, 0.25) is 0 Å². The van der Waals surface area contributed by atoms with Crippen LogP contribution in [-0.4, -0.2) is 50.3 Å². The summed E-state index contributed by atoms with van der Waals surface area (Å²) in [7, 11) is 0. The summed E-state index contributed by atoms with van der Waals surface area (Å²) in [5.41, 5.74) is 14.1. The van der Waals surface area contributed by atoms with Crippen molar-refractivity contribution in [2.75, 3.05) is 11.9 Å². The first-order valence-electron chi connectivity index (χ1n) is 11.3. The molecule has 13 nitrogen and oxygen atoms in total. The second-order valence-corrected chi connectivity index (χ2v) is 8.12. The number of carboxylic acid groups (broad SMARTS) is 1. The van der Waals surface area contributed by atoms with Crippen molar-refractivity contribution in [2.24, 2.45) is 11.5 Å².